The van der Waals surface area contributed by atoms with Crippen molar-refractivity contribution in [2.45, 2.75) is 20.0 Å². The Kier molecular flexibility index (Phi) is 3.96. The SMILES string of the molecule is CCc1nc(COc2cc([N+](=O)[O-])ccc2Cl)no1. The third-order valence-electron chi connectivity index (χ3n) is 2.29. The minimum absolute atomic E-state index is 0.0321. The van der Waals surface area contributed by atoms with E-state index in [9.17, 15) is 10.1 Å². The van der Waals surface area contributed by atoms with E-state index < -0.39 is 4.92 Å². The molecule has 19 heavy (non-hydrogen) atoms. The first-order valence-electron chi connectivity index (χ1n) is 5.48. The molecule has 2 rings (SSSR count). The van der Waals surface area contributed by atoms with E-state index in [2.05, 4.69) is 10.1 Å². The van der Waals surface area contributed by atoms with Crippen LogP contribution in [0.1, 0.15) is 18.6 Å². The molecule has 2 aromatic rings. The van der Waals surface area contributed by atoms with E-state index in [0.717, 1.165) is 0 Å². The number of nitrogens with zero attached hydrogens (tertiary/aromatic N) is 3. The van der Waals surface area contributed by atoms with Crippen LogP contribution in [0.15, 0.2) is 22.7 Å². The lowest BCUT2D eigenvalue weighted by molar-refractivity contribution is -0.384. The number of hydrogen-bond donors (Lipinski definition) is 0. The summed E-state index contributed by atoms with van der Waals surface area (Å²) in [4.78, 5) is 14.2. The van der Waals surface area contributed by atoms with E-state index in [0.29, 0.717) is 18.1 Å². The molecule has 1 aromatic carbocycles. The molecule has 1 heterocycles. The third-order valence-corrected chi connectivity index (χ3v) is 2.61. The van der Waals surface area contributed by atoms with Crippen LogP contribution in [-0.2, 0) is 13.0 Å². The fourth-order valence-corrected chi connectivity index (χ4v) is 1.52. The molecule has 0 spiro atoms. The van der Waals surface area contributed by atoms with Crippen molar-refractivity contribution >= 4 is 17.3 Å². The molecule has 0 aliphatic heterocycles. The van der Waals surface area contributed by atoms with Crippen LogP contribution in [0, 0.1) is 10.1 Å². The molecule has 8 heteroatoms. The van der Waals surface area contributed by atoms with Crippen LogP contribution in [0.5, 0.6) is 5.75 Å². The molecule has 0 saturated carbocycles. The smallest absolute Gasteiger partial charge is 0.273 e. The number of nitro benzene ring substituents is 1. The highest BCUT2D eigenvalue weighted by Crippen LogP contribution is 2.29. The summed E-state index contributed by atoms with van der Waals surface area (Å²) >= 11 is 5.89. The van der Waals surface area contributed by atoms with Crippen molar-refractivity contribution in [1.29, 1.82) is 0 Å². The number of aromatic nitrogens is 2. The van der Waals surface area contributed by atoms with Gasteiger partial charge in [0.2, 0.25) is 11.7 Å². The van der Waals surface area contributed by atoms with Crippen LogP contribution in [-0.4, -0.2) is 15.1 Å². The molecular weight excluding hydrogens is 274 g/mol. The fourth-order valence-electron chi connectivity index (χ4n) is 1.35. The molecule has 0 aliphatic carbocycles. The van der Waals surface area contributed by atoms with Gasteiger partial charge in [0.1, 0.15) is 5.75 Å². The van der Waals surface area contributed by atoms with E-state index in [1.807, 2.05) is 6.92 Å². The van der Waals surface area contributed by atoms with Crippen molar-refractivity contribution < 1.29 is 14.2 Å². The van der Waals surface area contributed by atoms with Gasteiger partial charge >= 0.3 is 0 Å². The topological polar surface area (TPSA) is 91.3 Å². The zero-order chi connectivity index (χ0) is 13.8. The van der Waals surface area contributed by atoms with Crippen molar-refractivity contribution in [3.63, 3.8) is 0 Å². The van der Waals surface area contributed by atoms with Gasteiger partial charge in [-0.15, -0.1) is 0 Å². The molecule has 1 aromatic heterocycles. The number of hydrogen-bond acceptors (Lipinski definition) is 6. The van der Waals surface area contributed by atoms with Gasteiger partial charge in [-0.2, -0.15) is 4.98 Å². The van der Waals surface area contributed by atoms with Crippen molar-refractivity contribution in [3.05, 3.63) is 45.1 Å². The Bertz CT molecular complexity index is 599. The summed E-state index contributed by atoms with van der Waals surface area (Å²) in [5, 5.41) is 14.6. The van der Waals surface area contributed by atoms with E-state index in [4.69, 9.17) is 20.9 Å². The van der Waals surface area contributed by atoms with Gasteiger partial charge in [-0.25, -0.2) is 0 Å². The Labute approximate surface area is 113 Å². The van der Waals surface area contributed by atoms with Gasteiger partial charge in [0, 0.05) is 12.5 Å². The standard InChI is InChI=1S/C11H10ClN3O4/c1-2-11-13-10(14-19-11)6-18-9-5-7(15(16)17)3-4-8(9)12/h3-5H,2,6H2,1H3. The van der Waals surface area contributed by atoms with Crippen LogP contribution in [0.2, 0.25) is 5.02 Å². The number of nitro groups is 1. The van der Waals surface area contributed by atoms with Crippen molar-refractivity contribution in [2.75, 3.05) is 0 Å². The van der Waals surface area contributed by atoms with E-state index in [1.165, 1.54) is 18.2 Å². The lowest BCUT2D eigenvalue weighted by atomic mass is 10.3. The summed E-state index contributed by atoms with van der Waals surface area (Å²) in [6.45, 7) is 1.92. The van der Waals surface area contributed by atoms with Gasteiger partial charge in [-0.05, 0) is 6.07 Å². The maximum absolute atomic E-state index is 10.6. The minimum Gasteiger partial charge on any atom is -0.484 e. The molecule has 100 valence electrons. The molecule has 0 radical (unpaired) electrons. The predicted octanol–water partition coefficient (Wildman–Crippen LogP) is 2.77. The lowest BCUT2D eigenvalue weighted by Gasteiger charge is -2.05. The van der Waals surface area contributed by atoms with E-state index in [-0.39, 0.29) is 23.1 Å². The molecule has 0 unspecified atom stereocenters. The van der Waals surface area contributed by atoms with E-state index >= 15 is 0 Å². The van der Waals surface area contributed by atoms with Gasteiger partial charge in [0.05, 0.1) is 16.0 Å². The highest BCUT2D eigenvalue weighted by molar-refractivity contribution is 6.32. The Morgan fingerprint density at radius 3 is 2.95 bits per heavy atom. The Balaban J connectivity index is 2.10. The highest BCUT2D eigenvalue weighted by Gasteiger charge is 2.12. The van der Waals surface area contributed by atoms with Crippen LogP contribution in [0.3, 0.4) is 0 Å². The minimum atomic E-state index is -0.521. The average molecular weight is 284 g/mol. The first-order chi connectivity index (χ1) is 9.10. The van der Waals surface area contributed by atoms with Crippen LogP contribution < -0.4 is 4.74 Å². The number of benzene rings is 1. The molecule has 7 nitrogen and oxygen atoms in total. The predicted molar refractivity (Wildman–Crippen MR) is 66.1 cm³/mol. The monoisotopic (exact) mass is 283 g/mol. The summed E-state index contributed by atoms with van der Waals surface area (Å²) in [6.07, 6.45) is 0.630. The molecule has 0 atom stereocenters. The number of non-ortho nitro benzene ring substituents is 1. The second-order valence-electron chi connectivity index (χ2n) is 3.62. The van der Waals surface area contributed by atoms with Gasteiger partial charge in [-0.1, -0.05) is 23.7 Å². The first-order valence-corrected chi connectivity index (χ1v) is 5.86. The number of aryl methyl sites for hydroxylation is 1. The van der Waals surface area contributed by atoms with Crippen LogP contribution in [0.25, 0.3) is 0 Å². The Hall–Kier alpha value is -2.15. The van der Waals surface area contributed by atoms with Gasteiger partial charge < -0.3 is 9.26 Å². The highest BCUT2D eigenvalue weighted by atomic mass is 35.5. The Morgan fingerprint density at radius 2 is 2.32 bits per heavy atom. The zero-order valence-corrected chi connectivity index (χ0v) is 10.8. The zero-order valence-electron chi connectivity index (χ0n) is 10.00. The Morgan fingerprint density at radius 1 is 1.53 bits per heavy atom. The van der Waals surface area contributed by atoms with E-state index in [1.54, 1.807) is 0 Å². The molecule has 0 saturated heterocycles. The summed E-state index contributed by atoms with van der Waals surface area (Å²) in [7, 11) is 0. The fraction of sp³-hybridized carbons (Fsp3) is 0.273. The molecule has 0 bridgehead atoms. The second-order valence-corrected chi connectivity index (χ2v) is 4.03. The number of halogens is 1. The normalized spacial score (nSPS) is 10.4. The summed E-state index contributed by atoms with van der Waals surface area (Å²) in [5.41, 5.74) is -0.0956. The largest absolute Gasteiger partial charge is 0.484 e. The maximum atomic E-state index is 10.6. The summed E-state index contributed by atoms with van der Waals surface area (Å²) in [6, 6.07) is 3.96. The number of ether oxygens (including phenoxy) is 1. The summed E-state index contributed by atoms with van der Waals surface area (Å²) < 4.78 is 10.3. The van der Waals surface area contributed by atoms with Crippen LogP contribution >= 0.6 is 11.6 Å². The quantitative estimate of drug-likeness (QED) is 0.619. The van der Waals surface area contributed by atoms with Gasteiger partial charge in [-0.3, -0.25) is 10.1 Å². The molecule has 0 N–H and O–H groups in total. The maximum Gasteiger partial charge on any atom is 0.273 e. The first kappa shape index (κ1) is 13.3. The van der Waals surface area contributed by atoms with Crippen molar-refractivity contribution in [2.24, 2.45) is 0 Å². The van der Waals surface area contributed by atoms with Gasteiger partial charge in [0.15, 0.2) is 6.61 Å². The van der Waals surface area contributed by atoms with Crippen LogP contribution in [0.4, 0.5) is 5.69 Å². The van der Waals surface area contributed by atoms with Crippen molar-refractivity contribution in [3.8, 4) is 5.75 Å². The lowest BCUT2D eigenvalue weighted by Crippen LogP contribution is -1.99. The average Bonchev–Trinajstić information content (AvgIpc) is 2.85. The second kappa shape index (κ2) is 5.66. The molecular formula is C11H10ClN3O4. The third kappa shape index (κ3) is 3.19. The van der Waals surface area contributed by atoms with Crippen molar-refractivity contribution in [1.82, 2.24) is 10.1 Å². The molecule has 0 aliphatic rings. The van der Waals surface area contributed by atoms with Gasteiger partial charge in [0.25, 0.3) is 5.69 Å². The molecule has 0 amide bonds. The molecule has 0 fully saturated rings. The summed E-state index contributed by atoms with van der Waals surface area (Å²) in [5.74, 6) is 1.07. The number of rotatable bonds is 5.